The van der Waals surface area contributed by atoms with Crippen LogP contribution in [0.15, 0.2) is 18.2 Å². The molecule has 0 radical (unpaired) electrons. The zero-order chi connectivity index (χ0) is 15.1. The predicted octanol–water partition coefficient (Wildman–Crippen LogP) is 1.95. The number of fused-ring (bicyclic) bond motifs is 1. The first kappa shape index (κ1) is 14.4. The van der Waals surface area contributed by atoms with Gasteiger partial charge in [-0.3, -0.25) is 9.59 Å². The number of hydrogen-bond donors (Lipinski definition) is 2. The Morgan fingerprint density at radius 3 is 2.55 bits per heavy atom. The first-order valence-corrected chi connectivity index (χ1v) is 6.57. The van der Waals surface area contributed by atoms with Crippen molar-refractivity contribution in [2.75, 3.05) is 6.54 Å². The third kappa shape index (κ3) is 2.24. The molecule has 0 saturated heterocycles. The molecule has 1 aromatic carbocycles. The molecule has 5 nitrogen and oxygen atoms in total. The van der Waals surface area contributed by atoms with Crippen molar-refractivity contribution in [1.29, 1.82) is 0 Å². The Kier molecular flexibility index (Phi) is 3.46. The second-order valence-corrected chi connectivity index (χ2v) is 5.77. The van der Waals surface area contributed by atoms with E-state index in [1.165, 1.54) is 13.0 Å². The molecule has 5 heteroatoms. The monoisotopic (exact) mass is 277 g/mol. The zero-order valence-electron chi connectivity index (χ0n) is 11.9. The van der Waals surface area contributed by atoms with Gasteiger partial charge in [0.15, 0.2) is 0 Å². The van der Waals surface area contributed by atoms with Crippen molar-refractivity contribution >= 4 is 11.9 Å². The van der Waals surface area contributed by atoms with Gasteiger partial charge in [-0.15, -0.1) is 0 Å². The molecule has 0 aliphatic carbocycles. The van der Waals surface area contributed by atoms with Gasteiger partial charge in [-0.1, -0.05) is 6.07 Å². The van der Waals surface area contributed by atoms with Crippen molar-refractivity contribution in [3.63, 3.8) is 0 Å². The van der Waals surface area contributed by atoms with Gasteiger partial charge in [0.1, 0.15) is 5.75 Å². The van der Waals surface area contributed by atoms with E-state index in [-0.39, 0.29) is 11.7 Å². The lowest BCUT2D eigenvalue weighted by Gasteiger charge is -2.43. The molecule has 0 fully saturated rings. The summed E-state index contributed by atoms with van der Waals surface area (Å²) >= 11 is 0. The van der Waals surface area contributed by atoms with Gasteiger partial charge in [0.2, 0.25) is 5.91 Å². The number of carbonyl (C=O) groups excluding carboxylic acids is 1. The summed E-state index contributed by atoms with van der Waals surface area (Å²) in [6.07, 6.45) is 0.621. The number of phenolic OH excluding ortho intramolecular Hbond substituents is 1. The molecule has 2 rings (SSSR count). The minimum atomic E-state index is -1.10. The Morgan fingerprint density at radius 1 is 1.35 bits per heavy atom. The van der Waals surface area contributed by atoms with Crippen molar-refractivity contribution in [2.24, 2.45) is 5.41 Å². The van der Waals surface area contributed by atoms with E-state index in [0.29, 0.717) is 13.0 Å². The molecule has 1 amide bonds. The number of carboxylic acid groups (broad SMARTS) is 1. The molecule has 20 heavy (non-hydrogen) atoms. The largest absolute Gasteiger partial charge is 0.508 e. The highest BCUT2D eigenvalue weighted by molar-refractivity contribution is 5.79. The van der Waals surface area contributed by atoms with E-state index in [0.717, 1.165) is 11.1 Å². The summed E-state index contributed by atoms with van der Waals surface area (Å²) in [5, 5.41) is 19.1. The first-order valence-electron chi connectivity index (χ1n) is 6.57. The quantitative estimate of drug-likeness (QED) is 0.866. The number of nitrogens with zero attached hydrogens (tertiary/aromatic N) is 1. The second kappa shape index (κ2) is 4.81. The lowest BCUT2D eigenvalue weighted by atomic mass is 9.75. The average Bonchev–Trinajstić information content (AvgIpc) is 2.36. The van der Waals surface area contributed by atoms with Crippen molar-refractivity contribution < 1.29 is 19.8 Å². The molecule has 1 aromatic rings. The topological polar surface area (TPSA) is 77.8 Å². The summed E-state index contributed by atoms with van der Waals surface area (Å²) in [7, 11) is 0. The Balaban J connectivity index is 2.59. The maximum Gasteiger partial charge on any atom is 0.311 e. The summed E-state index contributed by atoms with van der Waals surface area (Å²) < 4.78 is 0. The number of carboxylic acids is 1. The van der Waals surface area contributed by atoms with Crippen LogP contribution in [0, 0.1) is 5.41 Å². The van der Waals surface area contributed by atoms with E-state index in [1.54, 1.807) is 30.9 Å². The van der Waals surface area contributed by atoms with Gasteiger partial charge in [0.05, 0.1) is 11.5 Å². The van der Waals surface area contributed by atoms with Crippen LogP contribution >= 0.6 is 0 Å². The molecule has 1 aliphatic rings. The molecule has 1 aliphatic heterocycles. The molecule has 2 N–H and O–H groups in total. The standard InChI is InChI=1S/C15H19NO4/c1-9(17)16-7-6-10-8-11(18)4-5-12(10)13(16)15(2,3)14(19)20/h4-5,8,13,18H,6-7H2,1-3H3,(H,19,20). The van der Waals surface area contributed by atoms with Gasteiger partial charge >= 0.3 is 5.97 Å². The fraction of sp³-hybridized carbons (Fsp3) is 0.467. The van der Waals surface area contributed by atoms with E-state index >= 15 is 0 Å². The van der Waals surface area contributed by atoms with E-state index < -0.39 is 17.4 Å². The van der Waals surface area contributed by atoms with Crippen molar-refractivity contribution in [3.8, 4) is 5.75 Å². The molecule has 1 heterocycles. The highest BCUT2D eigenvalue weighted by atomic mass is 16.4. The van der Waals surface area contributed by atoms with Crippen LogP contribution in [-0.4, -0.2) is 33.5 Å². The van der Waals surface area contributed by atoms with Gasteiger partial charge in [0, 0.05) is 13.5 Å². The van der Waals surface area contributed by atoms with Crippen molar-refractivity contribution in [3.05, 3.63) is 29.3 Å². The van der Waals surface area contributed by atoms with Crippen molar-refractivity contribution in [2.45, 2.75) is 33.2 Å². The molecule has 0 aromatic heterocycles. The average molecular weight is 277 g/mol. The minimum absolute atomic E-state index is 0.136. The van der Waals surface area contributed by atoms with Gasteiger partial charge in [0.25, 0.3) is 0 Å². The molecule has 1 atom stereocenters. The normalized spacial score (nSPS) is 18.6. The minimum Gasteiger partial charge on any atom is -0.508 e. The van der Waals surface area contributed by atoms with Crippen molar-refractivity contribution in [1.82, 2.24) is 4.90 Å². The number of hydrogen-bond acceptors (Lipinski definition) is 3. The summed E-state index contributed by atoms with van der Waals surface area (Å²) in [6, 6.07) is 4.38. The second-order valence-electron chi connectivity index (χ2n) is 5.77. The third-order valence-corrected chi connectivity index (χ3v) is 3.99. The summed E-state index contributed by atoms with van der Waals surface area (Å²) in [5.41, 5.74) is 0.608. The van der Waals surface area contributed by atoms with E-state index in [4.69, 9.17) is 0 Å². The van der Waals surface area contributed by atoms with Crippen LogP contribution in [0.4, 0.5) is 0 Å². The number of phenols is 1. The number of benzene rings is 1. The Morgan fingerprint density at radius 2 is 2.00 bits per heavy atom. The first-order chi connectivity index (χ1) is 9.25. The molecular weight excluding hydrogens is 258 g/mol. The highest BCUT2D eigenvalue weighted by Gasteiger charge is 2.45. The lowest BCUT2D eigenvalue weighted by molar-refractivity contribution is -0.154. The molecule has 108 valence electrons. The van der Waals surface area contributed by atoms with Gasteiger partial charge in [-0.25, -0.2) is 0 Å². The molecule has 1 unspecified atom stereocenters. The van der Waals surface area contributed by atoms with Crippen LogP contribution in [0.25, 0.3) is 0 Å². The van der Waals surface area contributed by atoms with Crippen LogP contribution in [0.1, 0.15) is 37.9 Å². The molecule has 0 bridgehead atoms. The molecule has 0 saturated carbocycles. The fourth-order valence-electron chi connectivity index (χ4n) is 2.85. The maximum atomic E-state index is 11.8. The molecular formula is C15H19NO4. The predicted molar refractivity (Wildman–Crippen MR) is 73.4 cm³/mol. The van der Waals surface area contributed by atoms with E-state index in [9.17, 15) is 19.8 Å². The summed E-state index contributed by atoms with van der Waals surface area (Å²) in [5.74, 6) is -0.926. The van der Waals surface area contributed by atoms with Crippen LogP contribution in [0.5, 0.6) is 5.75 Å². The Hall–Kier alpha value is -2.04. The Bertz CT molecular complexity index is 565. The maximum absolute atomic E-state index is 11.8. The van der Waals surface area contributed by atoms with E-state index in [2.05, 4.69) is 0 Å². The van der Waals surface area contributed by atoms with Crippen LogP contribution in [0.2, 0.25) is 0 Å². The highest BCUT2D eigenvalue weighted by Crippen LogP contribution is 2.43. The van der Waals surface area contributed by atoms with Gasteiger partial charge < -0.3 is 15.1 Å². The third-order valence-electron chi connectivity index (χ3n) is 3.99. The number of amides is 1. The summed E-state index contributed by atoms with van der Waals surface area (Å²) in [6.45, 7) is 5.17. The van der Waals surface area contributed by atoms with Crippen LogP contribution in [0.3, 0.4) is 0 Å². The zero-order valence-corrected chi connectivity index (χ0v) is 11.9. The lowest BCUT2D eigenvalue weighted by Crippen LogP contribution is -2.48. The fourth-order valence-corrected chi connectivity index (χ4v) is 2.85. The number of aliphatic carboxylic acids is 1. The van der Waals surface area contributed by atoms with Crippen LogP contribution < -0.4 is 0 Å². The smallest absolute Gasteiger partial charge is 0.311 e. The number of rotatable bonds is 2. The van der Waals surface area contributed by atoms with Crippen LogP contribution in [-0.2, 0) is 16.0 Å². The number of aromatic hydroxyl groups is 1. The summed E-state index contributed by atoms with van der Waals surface area (Å²) in [4.78, 5) is 25.0. The van der Waals surface area contributed by atoms with Gasteiger partial charge in [-0.05, 0) is 43.5 Å². The Labute approximate surface area is 117 Å². The molecule has 0 spiro atoms. The van der Waals surface area contributed by atoms with E-state index in [1.807, 2.05) is 0 Å². The number of carbonyl (C=O) groups is 2. The van der Waals surface area contributed by atoms with Gasteiger partial charge in [-0.2, -0.15) is 0 Å². The SMILES string of the molecule is CC(=O)N1CCc2cc(O)ccc2C1C(C)(C)C(=O)O.